The maximum absolute atomic E-state index is 11.3. The van der Waals surface area contributed by atoms with Crippen molar-refractivity contribution in [1.82, 2.24) is 0 Å². The van der Waals surface area contributed by atoms with E-state index in [0.29, 0.717) is 16.3 Å². The summed E-state index contributed by atoms with van der Waals surface area (Å²) >= 11 is 10.7. The predicted molar refractivity (Wildman–Crippen MR) is 67.8 cm³/mol. The van der Waals surface area contributed by atoms with Gasteiger partial charge in [0, 0.05) is 17.7 Å². The van der Waals surface area contributed by atoms with Crippen LogP contribution in [0.4, 0.5) is 5.69 Å². The van der Waals surface area contributed by atoms with Crippen molar-refractivity contribution in [1.29, 1.82) is 0 Å². The highest BCUT2D eigenvalue weighted by atomic mass is 35.5. The van der Waals surface area contributed by atoms with Gasteiger partial charge in [-0.3, -0.25) is 4.79 Å². The second-order valence-corrected chi connectivity index (χ2v) is 3.91. The van der Waals surface area contributed by atoms with Crippen molar-refractivity contribution >= 4 is 40.4 Å². The van der Waals surface area contributed by atoms with Gasteiger partial charge >= 0.3 is 0 Å². The van der Waals surface area contributed by atoms with E-state index in [0.717, 1.165) is 0 Å². The second-order valence-electron chi connectivity index (χ2n) is 3.04. The van der Waals surface area contributed by atoms with Crippen LogP contribution >= 0.6 is 23.8 Å². The summed E-state index contributed by atoms with van der Waals surface area (Å²) in [7, 11) is 1.44. The molecule has 0 atom stereocenters. The van der Waals surface area contributed by atoms with Gasteiger partial charge in [0.25, 0.3) is 0 Å². The summed E-state index contributed by atoms with van der Waals surface area (Å²) < 4.78 is 4.70. The molecule has 0 bridgehead atoms. The van der Waals surface area contributed by atoms with E-state index in [-0.39, 0.29) is 17.5 Å². The van der Waals surface area contributed by atoms with Crippen molar-refractivity contribution in [2.24, 2.45) is 5.73 Å². The van der Waals surface area contributed by atoms with Gasteiger partial charge in [0.2, 0.25) is 5.91 Å². The molecule has 0 saturated carbocycles. The van der Waals surface area contributed by atoms with Crippen LogP contribution in [-0.4, -0.2) is 24.6 Å². The summed E-state index contributed by atoms with van der Waals surface area (Å²) in [4.78, 5) is 11.5. The van der Waals surface area contributed by atoms with Crippen molar-refractivity contribution in [2.75, 3.05) is 19.0 Å². The van der Waals surface area contributed by atoms with Crippen LogP contribution in [0.1, 0.15) is 5.56 Å². The number of nitrogens with two attached hydrogens (primary N) is 1. The van der Waals surface area contributed by atoms with Crippen LogP contribution in [0.5, 0.6) is 0 Å². The Morgan fingerprint density at radius 2 is 2.31 bits per heavy atom. The molecule has 0 aliphatic carbocycles. The van der Waals surface area contributed by atoms with Crippen molar-refractivity contribution in [2.45, 2.75) is 0 Å². The Bertz CT molecular complexity index is 423. The van der Waals surface area contributed by atoms with Crippen LogP contribution in [0, 0.1) is 0 Å². The zero-order valence-electron chi connectivity index (χ0n) is 8.62. The Morgan fingerprint density at radius 1 is 1.62 bits per heavy atom. The summed E-state index contributed by atoms with van der Waals surface area (Å²) in [6.45, 7) is -0.0384. The lowest BCUT2D eigenvalue weighted by Crippen LogP contribution is -2.20. The molecule has 0 saturated heterocycles. The van der Waals surface area contributed by atoms with E-state index in [1.54, 1.807) is 18.2 Å². The quantitative estimate of drug-likeness (QED) is 0.805. The van der Waals surface area contributed by atoms with Crippen LogP contribution in [-0.2, 0) is 9.53 Å². The van der Waals surface area contributed by atoms with E-state index < -0.39 is 0 Å². The van der Waals surface area contributed by atoms with E-state index in [1.165, 1.54) is 7.11 Å². The number of nitrogens with one attached hydrogen (secondary N) is 1. The fraction of sp³-hybridized carbons (Fsp3) is 0.200. The van der Waals surface area contributed by atoms with Crippen molar-refractivity contribution < 1.29 is 9.53 Å². The molecule has 0 radical (unpaired) electrons. The van der Waals surface area contributed by atoms with E-state index in [4.69, 9.17) is 34.3 Å². The van der Waals surface area contributed by atoms with Gasteiger partial charge in [0.15, 0.2) is 0 Å². The highest BCUT2D eigenvalue weighted by Crippen LogP contribution is 2.21. The number of hydrogen-bond acceptors (Lipinski definition) is 3. The number of halogens is 1. The molecule has 0 aromatic heterocycles. The molecule has 1 rings (SSSR count). The molecule has 0 aliphatic heterocycles. The molecular weight excluding hydrogens is 248 g/mol. The number of amides is 1. The number of hydrogen-bond donors (Lipinski definition) is 2. The summed E-state index contributed by atoms with van der Waals surface area (Å²) in [5, 5.41) is 3.11. The largest absolute Gasteiger partial charge is 0.389 e. The average molecular weight is 259 g/mol. The lowest BCUT2D eigenvalue weighted by Gasteiger charge is -2.10. The van der Waals surface area contributed by atoms with Gasteiger partial charge in [-0.2, -0.15) is 0 Å². The number of rotatable bonds is 4. The number of thiocarbonyl (C=S) groups is 1. The third-order valence-electron chi connectivity index (χ3n) is 1.80. The lowest BCUT2D eigenvalue weighted by molar-refractivity contribution is -0.119. The smallest absolute Gasteiger partial charge is 0.250 e. The maximum Gasteiger partial charge on any atom is 0.250 e. The summed E-state index contributed by atoms with van der Waals surface area (Å²) in [6.07, 6.45) is 0. The lowest BCUT2D eigenvalue weighted by atomic mass is 10.2. The van der Waals surface area contributed by atoms with E-state index >= 15 is 0 Å². The Balaban J connectivity index is 2.96. The van der Waals surface area contributed by atoms with E-state index in [2.05, 4.69) is 5.32 Å². The second kappa shape index (κ2) is 5.79. The summed E-state index contributed by atoms with van der Waals surface area (Å²) in [5.41, 5.74) is 6.58. The Kier molecular flexibility index (Phi) is 4.67. The molecule has 16 heavy (non-hydrogen) atoms. The van der Waals surface area contributed by atoms with Crippen molar-refractivity contribution in [3.63, 3.8) is 0 Å². The minimum absolute atomic E-state index is 0.0384. The fourth-order valence-corrected chi connectivity index (χ4v) is 1.50. The van der Waals surface area contributed by atoms with Crippen LogP contribution in [0.25, 0.3) is 0 Å². The molecule has 6 heteroatoms. The average Bonchev–Trinajstić information content (AvgIpc) is 2.17. The Morgan fingerprint density at radius 3 is 2.88 bits per heavy atom. The molecular formula is C10H11ClN2O2S. The topological polar surface area (TPSA) is 64.3 Å². The van der Waals surface area contributed by atoms with Gasteiger partial charge < -0.3 is 15.8 Å². The van der Waals surface area contributed by atoms with Crippen molar-refractivity contribution in [3.05, 3.63) is 28.8 Å². The van der Waals surface area contributed by atoms with E-state index in [1.807, 2.05) is 0 Å². The highest BCUT2D eigenvalue weighted by molar-refractivity contribution is 7.80. The van der Waals surface area contributed by atoms with Gasteiger partial charge in [-0.05, 0) is 18.2 Å². The van der Waals surface area contributed by atoms with Gasteiger partial charge in [0.05, 0.1) is 5.69 Å². The first kappa shape index (κ1) is 12.9. The SMILES string of the molecule is COCC(=O)Nc1cc(Cl)ccc1C(N)=S. The first-order valence-electron chi connectivity index (χ1n) is 4.42. The molecule has 0 heterocycles. The minimum Gasteiger partial charge on any atom is -0.389 e. The number of carbonyl (C=O) groups excluding carboxylic acids is 1. The number of anilines is 1. The molecule has 1 aromatic rings. The zero-order chi connectivity index (χ0) is 12.1. The Hall–Kier alpha value is -1.17. The first-order chi connectivity index (χ1) is 7.54. The van der Waals surface area contributed by atoms with Crippen LogP contribution in [0.2, 0.25) is 5.02 Å². The highest BCUT2D eigenvalue weighted by Gasteiger charge is 2.09. The fourth-order valence-electron chi connectivity index (χ4n) is 1.15. The number of benzene rings is 1. The summed E-state index contributed by atoms with van der Waals surface area (Å²) in [5.74, 6) is -0.290. The van der Waals surface area contributed by atoms with Crippen LogP contribution in [0.3, 0.4) is 0 Å². The van der Waals surface area contributed by atoms with Crippen LogP contribution < -0.4 is 11.1 Å². The van der Waals surface area contributed by atoms with Gasteiger partial charge in [-0.25, -0.2) is 0 Å². The third kappa shape index (κ3) is 3.44. The van der Waals surface area contributed by atoms with Gasteiger partial charge in [-0.15, -0.1) is 0 Å². The van der Waals surface area contributed by atoms with Gasteiger partial charge in [0.1, 0.15) is 11.6 Å². The number of methoxy groups -OCH3 is 1. The standard InChI is InChI=1S/C10H11ClN2O2S/c1-15-5-9(14)13-8-4-6(11)2-3-7(8)10(12)16/h2-4H,5H2,1H3,(H2,12,16)(H,13,14). The molecule has 0 spiro atoms. The maximum atomic E-state index is 11.3. The molecule has 86 valence electrons. The first-order valence-corrected chi connectivity index (χ1v) is 5.21. The predicted octanol–water partition coefficient (Wildman–Crippen LogP) is 1.56. The molecule has 0 aliphatic rings. The molecule has 1 aromatic carbocycles. The third-order valence-corrected chi connectivity index (χ3v) is 2.25. The molecule has 1 amide bonds. The molecule has 0 unspecified atom stereocenters. The van der Waals surface area contributed by atoms with E-state index in [9.17, 15) is 4.79 Å². The molecule has 4 nitrogen and oxygen atoms in total. The summed E-state index contributed by atoms with van der Waals surface area (Å²) in [6, 6.07) is 4.90. The minimum atomic E-state index is -0.290. The Labute approximate surface area is 104 Å². The van der Waals surface area contributed by atoms with Crippen molar-refractivity contribution in [3.8, 4) is 0 Å². The number of carbonyl (C=O) groups is 1. The monoisotopic (exact) mass is 258 g/mol. The van der Waals surface area contributed by atoms with Gasteiger partial charge in [-0.1, -0.05) is 23.8 Å². The molecule has 0 fully saturated rings. The molecule has 3 N–H and O–H groups in total. The zero-order valence-corrected chi connectivity index (χ0v) is 10.2. The van der Waals surface area contributed by atoms with Crippen LogP contribution in [0.15, 0.2) is 18.2 Å². The number of ether oxygens (including phenoxy) is 1. The normalized spacial score (nSPS) is 9.88.